The van der Waals surface area contributed by atoms with Gasteiger partial charge in [-0.05, 0) is 37.7 Å². The molecule has 25 heavy (non-hydrogen) atoms. The van der Waals surface area contributed by atoms with Crippen molar-refractivity contribution in [3.8, 4) is 11.1 Å². The lowest BCUT2D eigenvalue weighted by molar-refractivity contribution is -0.133. The molecule has 1 aromatic carbocycles. The number of hydrogen-bond donors (Lipinski definition) is 1. The Kier molecular flexibility index (Phi) is 4.55. The summed E-state index contributed by atoms with van der Waals surface area (Å²) in [5.41, 5.74) is 2.17. The Morgan fingerprint density at radius 1 is 1.16 bits per heavy atom. The van der Waals surface area contributed by atoms with Gasteiger partial charge in [-0.25, -0.2) is 4.39 Å². The van der Waals surface area contributed by atoms with Gasteiger partial charge in [0.05, 0.1) is 17.9 Å². The largest absolute Gasteiger partial charge is 0.334 e. The van der Waals surface area contributed by atoms with E-state index in [-0.39, 0.29) is 17.8 Å². The zero-order valence-corrected chi connectivity index (χ0v) is 14.4. The van der Waals surface area contributed by atoms with E-state index in [1.807, 2.05) is 11.0 Å². The lowest BCUT2D eigenvalue weighted by atomic mass is 9.99. The average Bonchev–Trinajstić information content (AvgIpc) is 3.36. The number of nitrogens with zero attached hydrogens (tertiary/aromatic N) is 2. The number of likely N-dealkylation sites (tertiary alicyclic amines) is 1. The normalized spacial score (nSPS) is 21.2. The van der Waals surface area contributed by atoms with Gasteiger partial charge in [0, 0.05) is 24.1 Å². The van der Waals surface area contributed by atoms with E-state index in [2.05, 4.69) is 10.2 Å². The SMILES string of the molecule is O=C(CC1CCCC1)N1CCCC1c1[nH]ncc1-c1ccccc1F. The molecule has 2 fully saturated rings. The summed E-state index contributed by atoms with van der Waals surface area (Å²) in [6, 6.07) is 6.72. The second kappa shape index (κ2) is 6.98. The third-order valence-electron chi connectivity index (χ3n) is 5.68. The minimum absolute atomic E-state index is 0.0222. The molecule has 0 radical (unpaired) electrons. The molecule has 1 aliphatic carbocycles. The number of hydrogen-bond acceptors (Lipinski definition) is 2. The van der Waals surface area contributed by atoms with Crippen LogP contribution in [0.2, 0.25) is 0 Å². The highest BCUT2D eigenvalue weighted by Crippen LogP contribution is 2.38. The maximum Gasteiger partial charge on any atom is 0.223 e. The summed E-state index contributed by atoms with van der Waals surface area (Å²) in [6.45, 7) is 0.784. The fraction of sp³-hybridized carbons (Fsp3) is 0.500. The lowest BCUT2D eigenvalue weighted by Gasteiger charge is -2.26. The van der Waals surface area contributed by atoms with Crippen LogP contribution in [0.15, 0.2) is 30.5 Å². The van der Waals surface area contributed by atoms with Crippen LogP contribution in [0.1, 0.15) is 56.7 Å². The standard InChI is InChI=1S/C20H24FN3O/c21-17-9-4-3-8-15(17)16-13-22-23-20(16)18-10-5-11-24(18)19(25)12-14-6-1-2-7-14/h3-4,8-9,13-14,18H,1-2,5-7,10-12H2,(H,22,23). The molecule has 1 saturated carbocycles. The predicted octanol–water partition coefficient (Wildman–Crippen LogP) is 4.46. The van der Waals surface area contributed by atoms with Gasteiger partial charge in [0.25, 0.3) is 0 Å². The monoisotopic (exact) mass is 341 g/mol. The molecule has 1 amide bonds. The van der Waals surface area contributed by atoms with Crippen LogP contribution in [0, 0.1) is 11.7 Å². The molecule has 1 aromatic heterocycles. The van der Waals surface area contributed by atoms with Crippen molar-refractivity contribution in [2.24, 2.45) is 5.92 Å². The molecule has 0 bridgehead atoms. The van der Waals surface area contributed by atoms with Crippen molar-refractivity contribution in [1.29, 1.82) is 0 Å². The number of benzene rings is 1. The predicted molar refractivity (Wildman–Crippen MR) is 94.2 cm³/mol. The van der Waals surface area contributed by atoms with Crippen molar-refractivity contribution < 1.29 is 9.18 Å². The van der Waals surface area contributed by atoms with Gasteiger partial charge in [0.15, 0.2) is 0 Å². The number of carbonyl (C=O) groups is 1. The Morgan fingerprint density at radius 2 is 1.96 bits per heavy atom. The van der Waals surface area contributed by atoms with Crippen molar-refractivity contribution in [2.45, 2.75) is 51.0 Å². The zero-order valence-electron chi connectivity index (χ0n) is 14.4. The highest BCUT2D eigenvalue weighted by atomic mass is 19.1. The molecular weight excluding hydrogens is 317 g/mol. The fourth-order valence-electron chi connectivity index (χ4n) is 4.39. The third-order valence-corrected chi connectivity index (χ3v) is 5.68. The van der Waals surface area contributed by atoms with Crippen molar-refractivity contribution in [3.05, 3.63) is 42.0 Å². The van der Waals surface area contributed by atoms with E-state index in [0.717, 1.165) is 30.6 Å². The van der Waals surface area contributed by atoms with Crippen molar-refractivity contribution in [3.63, 3.8) is 0 Å². The molecule has 2 aromatic rings. The third kappa shape index (κ3) is 3.20. The zero-order chi connectivity index (χ0) is 17.2. The first-order valence-corrected chi connectivity index (χ1v) is 9.31. The number of carbonyl (C=O) groups excluding carboxylic acids is 1. The molecule has 1 saturated heterocycles. The second-order valence-corrected chi connectivity index (χ2v) is 7.28. The van der Waals surface area contributed by atoms with Crippen LogP contribution in [0.3, 0.4) is 0 Å². The number of H-pyrrole nitrogens is 1. The molecule has 0 spiro atoms. The number of nitrogens with one attached hydrogen (secondary N) is 1. The van der Waals surface area contributed by atoms with Gasteiger partial charge in [-0.1, -0.05) is 31.0 Å². The molecule has 5 heteroatoms. The van der Waals surface area contributed by atoms with Crippen molar-refractivity contribution >= 4 is 5.91 Å². The van der Waals surface area contributed by atoms with Gasteiger partial charge in [-0.15, -0.1) is 0 Å². The Balaban J connectivity index is 1.58. The van der Waals surface area contributed by atoms with Gasteiger partial charge in [0.2, 0.25) is 5.91 Å². The second-order valence-electron chi connectivity index (χ2n) is 7.28. The average molecular weight is 341 g/mol. The number of halogens is 1. The lowest BCUT2D eigenvalue weighted by Crippen LogP contribution is -2.32. The van der Waals surface area contributed by atoms with Crippen molar-refractivity contribution in [2.75, 3.05) is 6.54 Å². The smallest absolute Gasteiger partial charge is 0.223 e. The number of amides is 1. The van der Waals surface area contributed by atoms with Gasteiger partial charge in [0.1, 0.15) is 5.82 Å². The molecule has 1 aliphatic heterocycles. The van der Waals surface area contributed by atoms with E-state index in [1.54, 1.807) is 18.3 Å². The van der Waals surface area contributed by atoms with Crippen molar-refractivity contribution in [1.82, 2.24) is 15.1 Å². The van der Waals surface area contributed by atoms with Crippen LogP contribution < -0.4 is 0 Å². The first-order valence-electron chi connectivity index (χ1n) is 9.31. The van der Waals surface area contributed by atoms with E-state index in [1.165, 1.54) is 31.7 Å². The van der Waals surface area contributed by atoms with E-state index in [4.69, 9.17) is 0 Å². The highest BCUT2D eigenvalue weighted by molar-refractivity contribution is 5.78. The van der Waals surface area contributed by atoms with Crippen LogP contribution in [0.4, 0.5) is 4.39 Å². The molecule has 1 unspecified atom stereocenters. The Morgan fingerprint density at radius 3 is 2.76 bits per heavy atom. The van der Waals surface area contributed by atoms with Crippen LogP contribution in [0.5, 0.6) is 0 Å². The molecule has 2 aliphatic rings. The molecule has 1 N–H and O–H groups in total. The maximum atomic E-state index is 14.2. The van der Waals surface area contributed by atoms with Gasteiger partial charge >= 0.3 is 0 Å². The van der Waals surface area contributed by atoms with Gasteiger partial charge < -0.3 is 4.90 Å². The topological polar surface area (TPSA) is 49.0 Å². The summed E-state index contributed by atoms with van der Waals surface area (Å²) < 4.78 is 14.2. The van der Waals surface area contributed by atoms with Crippen LogP contribution in [0.25, 0.3) is 11.1 Å². The Hall–Kier alpha value is -2.17. The van der Waals surface area contributed by atoms with Crippen LogP contribution in [-0.4, -0.2) is 27.5 Å². The maximum absolute atomic E-state index is 14.2. The van der Waals surface area contributed by atoms with Crippen LogP contribution in [-0.2, 0) is 4.79 Å². The molecule has 1 atom stereocenters. The van der Waals surface area contributed by atoms with Gasteiger partial charge in [-0.3, -0.25) is 9.89 Å². The first kappa shape index (κ1) is 16.3. The van der Waals surface area contributed by atoms with E-state index in [0.29, 0.717) is 17.9 Å². The van der Waals surface area contributed by atoms with E-state index < -0.39 is 0 Å². The summed E-state index contributed by atoms with van der Waals surface area (Å²) in [5, 5.41) is 7.19. The number of rotatable bonds is 4. The first-order chi connectivity index (χ1) is 12.2. The molecule has 4 rings (SSSR count). The number of aromatic amines is 1. The summed E-state index contributed by atoms with van der Waals surface area (Å²) >= 11 is 0. The Bertz CT molecular complexity index is 751. The summed E-state index contributed by atoms with van der Waals surface area (Å²) in [4.78, 5) is 14.8. The highest BCUT2D eigenvalue weighted by Gasteiger charge is 2.34. The van der Waals surface area contributed by atoms with E-state index in [9.17, 15) is 9.18 Å². The quantitative estimate of drug-likeness (QED) is 0.892. The molecule has 2 heterocycles. The van der Waals surface area contributed by atoms with Crippen LogP contribution >= 0.6 is 0 Å². The summed E-state index contributed by atoms with van der Waals surface area (Å²) in [7, 11) is 0. The molecular formula is C20H24FN3O. The summed E-state index contributed by atoms with van der Waals surface area (Å²) in [6.07, 6.45) is 9.06. The number of aromatic nitrogens is 2. The molecule has 132 valence electrons. The van der Waals surface area contributed by atoms with E-state index >= 15 is 0 Å². The minimum Gasteiger partial charge on any atom is -0.334 e. The Labute approximate surface area is 147 Å². The molecule has 4 nitrogen and oxygen atoms in total. The fourth-order valence-corrected chi connectivity index (χ4v) is 4.39. The van der Waals surface area contributed by atoms with Gasteiger partial charge in [-0.2, -0.15) is 5.10 Å². The minimum atomic E-state index is -0.257. The summed E-state index contributed by atoms with van der Waals surface area (Å²) in [5.74, 6) is 0.525.